The second kappa shape index (κ2) is 6.50. The summed E-state index contributed by atoms with van der Waals surface area (Å²) in [7, 11) is 2.03. The Labute approximate surface area is 140 Å². The van der Waals surface area contributed by atoms with Gasteiger partial charge in [-0.25, -0.2) is 0 Å². The van der Waals surface area contributed by atoms with Crippen LogP contribution in [-0.4, -0.2) is 16.2 Å². The molecule has 0 bridgehead atoms. The molecule has 0 aliphatic heterocycles. The number of carbonyl (C=O) groups is 1. The third-order valence-electron chi connectivity index (χ3n) is 4.10. The van der Waals surface area contributed by atoms with Crippen molar-refractivity contribution >= 4 is 34.3 Å². The second-order valence-corrected chi connectivity index (χ2v) is 6.72. The van der Waals surface area contributed by atoms with Crippen LogP contribution in [0.5, 0.6) is 0 Å². The highest BCUT2D eigenvalue weighted by Gasteiger charge is 2.10. The number of para-hydroxylation sites is 1. The lowest BCUT2D eigenvalue weighted by molar-refractivity contribution is -0.113. The number of carbonyl (C=O) groups excluding carboxylic acids is 1. The van der Waals surface area contributed by atoms with Gasteiger partial charge in [-0.15, -0.1) is 11.8 Å². The fraction of sp³-hybridized carbons (Fsp3) is 0.211. The van der Waals surface area contributed by atoms with Crippen LogP contribution in [-0.2, 0) is 11.8 Å². The minimum absolute atomic E-state index is 0.0247. The molecule has 118 valence electrons. The molecule has 0 radical (unpaired) electrons. The maximum atomic E-state index is 12.3. The highest BCUT2D eigenvalue weighted by molar-refractivity contribution is 8.00. The molecule has 23 heavy (non-hydrogen) atoms. The van der Waals surface area contributed by atoms with Crippen LogP contribution in [0, 0.1) is 13.8 Å². The van der Waals surface area contributed by atoms with Crippen molar-refractivity contribution in [2.45, 2.75) is 18.7 Å². The number of hydrogen-bond acceptors (Lipinski definition) is 2. The van der Waals surface area contributed by atoms with Crippen LogP contribution < -0.4 is 5.32 Å². The number of benzene rings is 2. The Hall–Kier alpha value is -2.20. The Morgan fingerprint density at radius 1 is 1.13 bits per heavy atom. The van der Waals surface area contributed by atoms with Crippen LogP contribution in [0.2, 0.25) is 0 Å². The van der Waals surface area contributed by atoms with Gasteiger partial charge in [0.2, 0.25) is 5.91 Å². The number of nitrogens with one attached hydrogen (secondary N) is 1. The van der Waals surface area contributed by atoms with Gasteiger partial charge < -0.3 is 9.88 Å². The summed E-state index contributed by atoms with van der Waals surface area (Å²) in [6, 6.07) is 14.2. The van der Waals surface area contributed by atoms with Gasteiger partial charge in [-0.05, 0) is 37.1 Å². The molecule has 0 saturated heterocycles. The molecular formula is C19H20N2OS. The van der Waals surface area contributed by atoms with E-state index in [1.807, 2.05) is 38.2 Å². The first kappa shape index (κ1) is 15.7. The number of hydrogen-bond donors (Lipinski definition) is 1. The van der Waals surface area contributed by atoms with Crippen molar-refractivity contribution in [2.75, 3.05) is 11.1 Å². The topological polar surface area (TPSA) is 34.0 Å². The predicted molar refractivity (Wildman–Crippen MR) is 98.2 cm³/mol. The summed E-state index contributed by atoms with van der Waals surface area (Å²) in [5.41, 5.74) is 4.39. The Balaban J connectivity index is 1.70. The Kier molecular flexibility index (Phi) is 4.44. The molecule has 0 saturated carbocycles. The minimum atomic E-state index is 0.0247. The summed E-state index contributed by atoms with van der Waals surface area (Å²) in [6.07, 6.45) is 2.08. The van der Waals surface area contributed by atoms with Crippen molar-refractivity contribution in [3.63, 3.8) is 0 Å². The van der Waals surface area contributed by atoms with E-state index in [9.17, 15) is 4.79 Å². The number of aryl methyl sites for hydroxylation is 2. The lowest BCUT2D eigenvalue weighted by atomic mass is 10.1. The van der Waals surface area contributed by atoms with Crippen molar-refractivity contribution in [3.8, 4) is 0 Å². The minimum Gasteiger partial charge on any atom is -0.349 e. The first-order valence-corrected chi connectivity index (χ1v) is 8.58. The standard InChI is InChI=1S/C19H20N2OS/c1-13-7-6-9-16(14(13)2)20-19(22)12-23-18-11-21(3)17-10-5-4-8-15(17)18/h4-11H,12H2,1-3H3,(H,20,22). The Morgan fingerprint density at radius 2 is 1.91 bits per heavy atom. The molecule has 0 aliphatic carbocycles. The van der Waals surface area contributed by atoms with E-state index in [2.05, 4.69) is 41.2 Å². The normalized spacial score (nSPS) is 10.9. The maximum absolute atomic E-state index is 12.3. The lowest BCUT2D eigenvalue weighted by Crippen LogP contribution is -2.15. The van der Waals surface area contributed by atoms with E-state index in [-0.39, 0.29) is 5.91 Å². The monoisotopic (exact) mass is 324 g/mol. The van der Waals surface area contributed by atoms with Crippen LogP contribution >= 0.6 is 11.8 Å². The van der Waals surface area contributed by atoms with E-state index in [1.165, 1.54) is 16.5 Å². The van der Waals surface area contributed by atoms with Gasteiger partial charge >= 0.3 is 0 Å². The molecule has 3 nitrogen and oxygen atoms in total. The second-order valence-electron chi connectivity index (χ2n) is 5.71. The molecule has 0 spiro atoms. The molecule has 1 aromatic heterocycles. The fourth-order valence-corrected chi connectivity index (χ4v) is 3.56. The molecule has 0 unspecified atom stereocenters. The number of fused-ring (bicyclic) bond motifs is 1. The molecule has 3 aromatic rings. The third-order valence-corrected chi connectivity index (χ3v) is 5.14. The first-order chi connectivity index (χ1) is 11.1. The van der Waals surface area contributed by atoms with E-state index < -0.39 is 0 Å². The van der Waals surface area contributed by atoms with Crippen LogP contribution in [0.4, 0.5) is 5.69 Å². The number of rotatable bonds is 4. The van der Waals surface area contributed by atoms with Gasteiger partial charge in [-0.1, -0.05) is 30.3 Å². The Morgan fingerprint density at radius 3 is 2.74 bits per heavy atom. The number of anilines is 1. The van der Waals surface area contributed by atoms with Gasteiger partial charge in [0, 0.05) is 34.7 Å². The van der Waals surface area contributed by atoms with Gasteiger partial charge in [0.15, 0.2) is 0 Å². The van der Waals surface area contributed by atoms with E-state index >= 15 is 0 Å². The summed E-state index contributed by atoms with van der Waals surface area (Å²) in [5, 5.41) is 4.20. The molecule has 0 aliphatic rings. The molecular weight excluding hydrogens is 304 g/mol. The SMILES string of the molecule is Cc1cccc(NC(=O)CSc2cn(C)c3ccccc23)c1C. The van der Waals surface area contributed by atoms with Gasteiger partial charge in [-0.3, -0.25) is 4.79 Å². The number of amides is 1. The van der Waals surface area contributed by atoms with Gasteiger partial charge in [0.1, 0.15) is 0 Å². The zero-order chi connectivity index (χ0) is 16.4. The molecule has 0 fully saturated rings. The van der Waals surface area contributed by atoms with Crippen molar-refractivity contribution < 1.29 is 4.79 Å². The van der Waals surface area contributed by atoms with Gasteiger partial charge in [-0.2, -0.15) is 0 Å². The Bertz CT molecular complexity index is 867. The highest BCUT2D eigenvalue weighted by Crippen LogP contribution is 2.29. The molecule has 2 aromatic carbocycles. The summed E-state index contributed by atoms with van der Waals surface area (Å²) >= 11 is 1.58. The first-order valence-electron chi connectivity index (χ1n) is 7.59. The molecule has 3 rings (SSSR count). The molecule has 1 N–H and O–H groups in total. The summed E-state index contributed by atoms with van der Waals surface area (Å²) in [6.45, 7) is 4.08. The van der Waals surface area contributed by atoms with Crippen LogP contribution in [0.15, 0.2) is 53.6 Å². The molecule has 1 amide bonds. The zero-order valence-corrected chi connectivity index (χ0v) is 14.4. The van der Waals surface area contributed by atoms with E-state index in [1.54, 1.807) is 11.8 Å². The largest absolute Gasteiger partial charge is 0.349 e. The molecule has 1 heterocycles. The highest BCUT2D eigenvalue weighted by atomic mass is 32.2. The average Bonchev–Trinajstić information content (AvgIpc) is 2.87. The van der Waals surface area contributed by atoms with Crippen LogP contribution in [0.25, 0.3) is 10.9 Å². The van der Waals surface area contributed by atoms with Crippen molar-refractivity contribution in [2.24, 2.45) is 7.05 Å². The number of nitrogens with zero attached hydrogens (tertiary/aromatic N) is 1. The molecule has 4 heteroatoms. The van der Waals surface area contributed by atoms with E-state index in [4.69, 9.17) is 0 Å². The van der Waals surface area contributed by atoms with E-state index in [0.717, 1.165) is 16.1 Å². The van der Waals surface area contributed by atoms with Crippen molar-refractivity contribution in [3.05, 3.63) is 59.8 Å². The third kappa shape index (κ3) is 3.27. The summed E-state index contributed by atoms with van der Waals surface area (Å²) in [4.78, 5) is 13.4. The number of aromatic nitrogens is 1. The number of thioether (sulfide) groups is 1. The smallest absolute Gasteiger partial charge is 0.234 e. The summed E-state index contributed by atoms with van der Waals surface area (Å²) in [5.74, 6) is 0.429. The van der Waals surface area contributed by atoms with Crippen molar-refractivity contribution in [1.82, 2.24) is 4.57 Å². The zero-order valence-electron chi connectivity index (χ0n) is 13.6. The lowest BCUT2D eigenvalue weighted by Gasteiger charge is -2.10. The molecule has 0 atom stereocenters. The van der Waals surface area contributed by atoms with Crippen molar-refractivity contribution in [1.29, 1.82) is 0 Å². The summed E-state index contributed by atoms with van der Waals surface area (Å²) < 4.78 is 2.10. The van der Waals surface area contributed by atoms with Crippen LogP contribution in [0.1, 0.15) is 11.1 Å². The fourth-order valence-electron chi connectivity index (χ4n) is 2.64. The van der Waals surface area contributed by atoms with E-state index in [0.29, 0.717) is 5.75 Å². The van der Waals surface area contributed by atoms with Gasteiger partial charge in [0.25, 0.3) is 0 Å². The maximum Gasteiger partial charge on any atom is 0.234 e. The average molecular weight is 324 g/mol. The predicted octanol–water partition coefficient (Wildman–Crippen LogP) is 4.53. The van der Waals surface area contributed by atoms with Crippen LogP contribution in [0.3, 0.4) is 0 Å². The van der Waals surface area contributed by atoms with Gasteiger partial charge in [0.05, 0.1) is 5.75 Å². The quantitative estimate of drug-likeness (QED) is 0.716.